The van der Waals surface area contributed by atoms with Gasteiger partial charge in [-0.1, -0.05) is 6.07 Å². The average Bonchev–Trinajstić information content (AvgIpc) is 2.03. The maximum absolute atomic E-state index is 5.17. The summed E-state index contributed by atoms with van der Waals surface area (Å²) in [5.74, 6) is 0.0948. The van der Waals surface area contributed by atoms with Crippen molar-refractivity contribution in [2.45, 2.75) is 13.5 Å². The molecule has 0 unspecified atom stereocenters. The Bertz CT molecular complexity index is 272. The minimum Gasteiger partial charge on any atom is -0.370 e. The van der Waals surface area contributed by atoms with E-state index in [-0.39, 0.29) is 5.96 Å². The van der Waals surface area contributed by atoms with E-state index < -0.39 is 0 Å². The van der Waals surface area contributed by atoms with Gasteiger partial charge in [-0.15, -0.1) is 0 Å². The van der Waals surface area contributed by atoms with Crippen molar-refractivity contribution in [1.29, 1.82) is 0 Å². The van der Waals surface area contributed by atoms with E-state index >= 15 is 0 Å². The third kappa shape index (κ3) is 2.57. The number of nitrogens with zero attached hydrogens (tertiary/aromatic N) is 2. The molecule has 12 heavy (non-hydrogen) atoms. The number of aliphatic imine (C=N–C) groups is 1. The molecule has 0 aliphatic rings. The van der Waals surface area contributed by atoms with Gasteiger partial charge >= 0.3 is 0 Å². The molecule has 0 radical (unpaired) electrons. The summed E-state index contributed by atoms with van der Waals surface area (Å²) in [6.45, 7) is 2.43. The monoisotopic (exact) mass is 164 g/mol. The van der Waals surface area contributed by atoms with Crippen LogP contribution < -0.4 is 11.5 Å². The fourth-order valence-electron chi connectivity index (χ4n) is 0.764. The van der Waals surface area contributed by atoms with Gasteiger partial charge in [-0.25, -0.2) is 4.99 Å². The van der Waals surface area contributed by atoms with Crippen molar-refractivity contribution in [1.82, 2.24) is 4.98 Å². The van der Waals surface area contributed by atoms with E-state index in [2.05, 4.69) is 9.98 Å². The van der Waals surface area contributed by atoms with Crippen molar-refractivity contribution in [3.8, 4) is 0 Å². The fourth-order valence-corrected chi connectivity index (χ4v) is 0.764. The van der Waals surface area contributed by atoms with E-state index in [4.69, 9.17) is 11.5 Å². The highest BCUT2D eigenvalue weighted by atomic mass is 15.0. The van der Waals surface area contributed by atoms with Gasteiger partial charge in [-0.3, -0.25) is 4.98 Å². The zero-order valence-electron chi connectivity index (χ0n) is 6.99. The van der Waals surface area contributed by atoms with Crippen LogP contribution in [0.4, 0.5) is 0 Å². The number of hydrogen-bond acceptors (Lipinski definition) is 2. The Morgan fingerprint density at radius 1 is 1.50 bits per heavy atom. The molecule has 0 aromatic carbocycles. The molecule has 4 heteroatoms. The Labute approximate surface area is 71.3 Å². The zero-order valence-corrected chi connectivity index (χ0v) is 6.99. The molecule has 1 rings (SSSR count). The lowest BCUT2D eigenvalue weighted by molar-refractivity contribution is 0.977. The molecule has 1 aromatic heterocycles. The standard InChI is InChI=1S/C8H12N4/c1-6-2-3-7(11-4-6)5-12-8(9)10/h2-4H,5H2,1H3,(H4,9,10,12). The number of aromatic nitrogens is 1. The molecule has 64 valence electrons. The molecule has 0 saturated carbocycles. The van der Waals surface area contributed by atoms with Crippen LogP contribution in [0.5, 0.6) is 0 Å². The number of nitrogens with two attached hydrogens (primary N) is 2. The topological polar surface area (TPSA) is 77.3 Å². The highest BCUT2D eigenvalue weighted by molar-refractivity contribution is 5.75. The van der Waals surface area contributed by atoms with E-state index in [0.717, 1.165) is 11.3 Å². The van der Waals surface area contributed by atoms with Gasteiger partial charge in [0.05, 0.1) is 12.2 Å². The molecule has 0 atom stereocenters. The van der Waals surface area contributed by atoms with E-state index in [9.17, 15) is 0 Å². The van der Waals surface area contributed by atoms with E-state index in [1.807, 2.05) is 19.1 Å². The van der Waals surface area contributed by atoms with Crippen LogP contribution in [-0.2, 0) is 6.54 Å². The second kappa shape index (κ2) is 3.71. The molecule has 0 saturated heterocycles. The maximum atomic E-state index is 5.17. The first kappa shape index (κ1) is 8.52. The summed E-state index contributed by atoms with van der Waals surface area (Å²) in [6, 6.07) is 3.88. The molecule has 0 aliphatic carbocycles. The summed E-state index contributed by atoms with van der Waals surface area (Å²) in [4.78, 5) is 7.97. The van der Waals surface area contributed by atoms with Crippen molar-refractivity contribution >= 4 is 5.96 Å². The molecule has 0 spiro atoms. The van der Waals surface area contributed by atoms with Gasteiger partial charge in [0.1, 0.15) is 0 Å². The molecule has 0 bridgehead atoms. The first-order valence-electron chi connectivity index (χ1n) is 3.65. The molecule has 1 heterocycles. The van der Waals surface area contributed by atoms with Gasteiger partial charge in [0.2, 0.25) is 0 Å². The second-order valence-electron chi connectivity index (χ2n) is 2.57. The molecule has 4 N–H and O–H groups in total. The van der Waals surface area contributed by atoms with Crippen molar-refractivity contribution in [2.75, 3.05) is 0 Å². The molecule has 0 amide bonds. The van der Waals surface area contributed by atoms with Gasteiger partial charge in [-0.2, -0.15) is 0 Å². The van der Waals surface area contributed by atoms with Crippen LogP contribution in [0.3, 0.4) is 0 Å². The Morgan fingerprint density at radius 2 is 2.25 bits per heavy atom. The van der Waals surface area contributed by atoms with Crippen LogP contribution in [0.2, 0.25) is 0 Å². The van der Waals surface area contributed by atoms with Gasteiger partial charge in [0, 0.05) is 6.20 Å². The second-order valence-corrected chi connectivity index (χ2v) is 2.57. The third-order valence-corrected chi connectivity index (χ3v) is 1.40. The molecule has 1 aromatic rings. The van der Waals surface area contributed by atoms with E-state index in [0.29, 0.717) is 6.54 Å². The van der Waals surface area contributed by atoms with Crippen LogP contribution in [-0.4, -0.2) is 10.9 Å². The van der Waals surface area contributed by atoms with Crippen molar-refractivity contribution in [2.24, 2.45) is 16.5 Å². The van der Waals surface area contributed by atoms with E-state index in [1.54, 1.807) is 6.20 Å². The number of rotatable bonds is 2. The quantitative estimate of drug-likeness (QED) is 0.483. The number of guanidine groups is 1. The molecule has 0 fully saturated rings. The summed E-state index contributed by atoms with van der Waals surface area (Å²) >= 11 is 0. The predicted molar refractivity (Wildman–Crippen MR) is 48.5 cm³/mol. The summed E-state index contributed by atoms with van der Waals surface area (Å²) in [5.41, 5.74) is 12.3. The molecular weight excluding hydrogens is 152 g/mol. The van der Waals surface area contributed by atoms with Crippen molar-refractivity contribution in [3.05, 3.63) is 29.6 Å². The van der Waals surface area contributed by atoms with Gasteiger partial charge in [-0.05, 0) is 18.6 Å². The fraction of sp³-hybridized carbons (Fsp3) is 0.250. The average molecular weight is 164 g/mol. The zero-order chi connectivity index (χ0) is 8.97. The highest BCUT2D eigenvalue weighted by Crippen LogP contribution is 1.99. The smallest absolute Gasteiger partial charge is 0.186 e. The minimum absolute atomic E-state index is 0.0948. The largest absolute Gasteiger partial charge is 0.370 e. The first-order valence-corrected chi connectivity index (χ1v) is 3.65. The van der Waals surface area contributed by atoms with Crippen LogP contribution in [0.25, 0.3) is 0 Å². The lowest BCUT2D eigenvalue weighted by Gasteiger charge is -1.96. The Morgan fingerprint density at radius 3 is 2.75 bits per heavy atom. The summed E-state index contributed by atoms with van der Waals surface area (Å²) in [7, 11) is 0. The number of aryl methyl sites for hydroxylation is 1. The SMILES string of the molecule is Cc1ccc(CN=C(N)N)nc1. The summed E-state index contributed by atoms with van der Waals surface area (Å²) in [6.07, 6.45) is 1.79. The molecule has 4 nitrogen and oxygen atoms in total. The lowest BCUT2D eigenvalue weighted by Crippen LogP contribution is -2.22. The van der Waals surface area contributed by atoms with Crippen LogP contribution in [0.15, 0.2) is 23.3 Å². The normalized spacial score (nSPS) is 9.42. The van der Waals surface area contributed by atoms with Gasteiger partial charge < -0.3 is 11.5 Å². The van der Waals surface area contributed by atoms with Crippen molar-refractivity contribution in [3.63, 3.8) is 0 Å². The van der Waals surface area contributed by atoms with Crippen molar-refractivity contribution < 1.29 is 0 Å². The first-order chi connectivity index (χ1) is 5.68. The van der Waals surface area contributed by atoms with E-state index in [1.165, 1.54) is 0 Å². The molecular formula is C8H12N4. The Kier molecular flexibility index (Phi) is 2.63. The van der Waals surface area contributed by atoms with Gasteiger partial charge in [0.25, 0.3) is 0 Å². The number of hydrogen-bond donors (Lipinski definition) is 2. The highest BCUT2D eigenvalue weighted by Gasteiger charge is 1.91. The predicted octanol–water partition coefficient (Wildman–Crippen LogP) is 0.163. The van der Waals surface area contributed by atoms with Crippen LogP contribution >= 0.6 is 0 Å². The summed E-state index contributed by atoms with van der Waals surface area (Å²) in [5, 5.41) is 0. The maximum Gasteiger partial charge on any atom is 0.186 e. The third-order valence-electron chi connectivity index (χ3n) is 1.40. The van der Waals surface area contributed by atoms with Crippen LogP contribution in [0.1, 0.15) is 11.3 Å². The molecule has 0 aliphatic heterocycles. The Balaban J connectivity index is 2.65. The van der Waals surface area contributed by atoms with Crippen LogP contribution in [0, 0.1) is 6.92 Å². The summed E-state index contributed by atoms with van der Waals surface area (Å²) < 4.78 is 0. The van der Waals surface area contributed by atoms with Gasteiger partial charge in [0.15, 0.2) is 5.96 Å². The minimum atomic E-state index is 0.0948. The Hall–Kier alpha value is -1.58. The lowest BCUT2D eigenvalue weighted by atomic mass is 10.3. The number of pyridine rings is 1.